The van der Waals surface area contributed by atoms with E-state index in [1.54, 1.807) is 7.11 Å². The predicted octanol–water partition coefficient (Wildman–Crippen LogP) is 2.07. The maximum Gasteiger partial charge on any atom is 0.190 e. The van der Waals surface area contributed by atoms with Crippen LogP contribution < -0.4 is 4.90 Å². The maximum absolute atomic E-state index is 4.99. The van der Waals surface area contributed by atoms with Crippen molar-refractivity contribution in [1.29, 1.82) is 0 Å². The summed E-state index contributed by atoms with van der Waals surface area (Å²) < 4.78 is 4.95. The minimum absolute atomic E-state index is 0.533. The van der Waals surface area contributed by atoms with E-state index in [4.69, 9.17) is 17.0 Å². The number of hydrogen-bond acceptors (Lipinski definition) is 3. The Hall–Kier alpha value is -1.09. The quantitative estimate of drug-likeness (QED) is 0.670. The second-order valence-electron chi connectivity index (χ2n) is 2.93. The molecule has 0 aliphatic carbocycles. The van der Waals surface area contributed by atoms with E-state index in [-0.39, 0.29) is 0 Å². The molecule has 13 heavy (non-hydrogen) atoms. The van der Waals surface area contributed by atoms with Gasteiger partial charge in [-0.1, -0.05) is 0 Å². The Labute approximate surface area is 84.1 Å². The van der Waals surface area contributed by atoms with Crippen LogP contribution in [0.1, 0.15) is 5.56 Å². The second-order valence-corrected chi connectivity index (χ2v) is 3.30. The zero-order valence-electron chi connectivity index (χ0n) is 8.07. The monoisotopic (exact) mass is 195 g/mol. The van der Waals surface area contributed by atoms with Crippen LogP contribution in [0, 0.1) is 0 Å². The lowest BCUT2D eigenvalue weighted by atomic mass is 10.2. The van der Waals surface area contributed by atoms with E-state index < -0.39 is 0 Å². The van der Waals surface area contributed by atoms with Crippen LogP contribution in [0.3, 0.4) is 0 Å². The molecule has 0 atom stereocenters. The lowest BCUT2D eigenvalue weighted by molar-refractivity contribution is 0.416. The van der Waals surface area contributed by atoms with E-state index in [9.17, 15) is 0 Å². The first-order chi connectivity index (χ1) is 6.15. The van der Waals surface area contributed by atoms with Gasteiger partial charge in [0.15, 0.2) is 5.05 Å². The Kier molecular flexibility index (Phi) is 3.25. The molecule has 2 nitrogen and oxygen atoms in total. The smallest absolute Gasteiger partial charge is 0.190 e. The van der Waals surface area contributed by atoms with E-state index in [0.29, 0.717) is 5.05 Å². The second kappa shape index (κ2) is 4.23. The molecule has 0 saturated carbocycles. The van der Waals surface area contributed by atoms with E-state index in [2.05, 4.69) is 0 Å². The number of thiocarbonyl (C=S) groups is 1. The molecule has 0 N–H and O–H groups in total. The summed E-state index contributed by atoms with van der Waals surface area (Å²) in [4.78, 5) is 2.04. The largest absolute Gasteiger partial charge is 0.486 e. The van der Waals surface area contributed by atoms with Crippen molar-refractivity contribution in [3.8, 4) is 0 Å². The van der Waals surface area contributed by atoms with Gasteiger partial charge in [0.25, 0.3) is 0 Å². The molecular weight excluding hydrogens is 182 g/mol. The average molecular weight is 195 g/mol. The normalized spacial score (nSPS) is 9.46. The van der Waals surface area contributed by atoms with Gasteiger partial charge in [-0.2, -0.15) is 0 Å². The van der Waals surface area contributed by atoms with Gasteiger partial charge in [-0.05, 0) is 36.5 Å². The van der Waals surface area contributed by atoms with Crippen LogP contribution in [-0.2, 0) is 4.74 Å². The molecular formula is C10H13NOS. The standard InChI is InChI=1S/C10H13NOS/c1-11(2)9-6-4-8(5-7-9)10(13)12-3/h4-7H,1-3H3. The number of methoxy groups -OCH3 is 1. The number of anilines is 1. The van der Waals surface area contributed by atoms with Gasteiger partial charge in [0, 0.05) is 25.3 Å². The third-order valence-corrected chi connectivity index (χ3v) is 2.21. The lowest BCUT2D eigenvalue weighted by Crippen LogP contribution is -2.08. The van der Waals surface area contributed by atoms with E-state index in [1.165, 1.54) is 0 Å². The number of rotatable bonds is 2. The van der Waals surface area contributed by atoms with Crippen molar-refractivity contribution >= 4 is 23.0 Å². The van der Waals surface area contributed by atoms with Gasteiger partial charge in [-0.3, -0.25) is 0 Å². The van der Waals surface area contributed by atoms with Gasteiger partial charge < -0.3 is 9.64 Å². The van der Waals surface area contributed by atoms with Crippen molar-refractivity contribution in [2.75, 3.05) is 26.1 Å². The Morgan fingerprint density at radius 2 is 1.77 bits per heavy atom. The summed E-state index contributed by atoms with van der Waals surface area (Å²) in [5.41, 5.74) is 2.10. The highest BCUT2D eigenvalue weighted by Gasteiger charge is 2.00. The van der Waals surface area contributed by atoms with Gasteiger partial charge >= 0.3 is 0 Å². The summed E-state index contributed by atoms with van der Waals surface area (Å²) in [6.45, 7) is 0. The third kappa shape index (κ3) is 2.42. The maximum atomic E-state index is 4.99. The third-order valence-electron chi connectivity index (χ3n) is 1.80. The number of ether oxygens (including phenoxy) is 1. The summed E-state index contributed by atoms with van der Waals surface area (Å²) in [7, 11) is 5.59. The summed E-state index contributed by atoms with van der Waals surface area (Å²) in [5, 5.41) is 0.533. The van der Waals surface area contributed by atoms with Crippen LogP contribution >= 0.6 is 12.2 Å². The highest BCUT2D eigenvalue weighted by molar-refractivity contribution is 7.80. The van der Waals surface area contributed by atoms with Crippen LogP contribution in [0.4, 0.5) is 5.69 Å². The van der Waals surface area contributed by atoms with Crippen molar-refractivity contribution < 1.29 is 4.74 Å². The molecule has 0 aromatic heterocycles. The Bertz CT molecular complexity index is 292. The Morgan fingerprint density at radius 1 is 1.23 bits per heavy atom. The van der Waals surface area contributed by atoms with Crippen molar-refractivity contribution in [2.45, 2.75) is 0 Å². The predicted molar refractivity (Wildman–Crippen MR) is 59.5 cm³/mol. The first-order valence-corrected chi connectivity index (χ1v) is 4.41. The molecule has 0 aliphatic rings. The molecule has 0 amide bonds. The molecule has 1 aromatic carbocycles. The van der Waals surface area contributed by atoms with E-state index in [1.807, 2.05) is 43.3 Å². The van der Waals surface area contributed by atoms with Crippen LogP contribution in [-0.4, -0.2) is 26.3 Å². The van der Waals surface area contributed by atoms with Crippen molar-refractivity contribution in [3.05, 3.63) is 29.8 Å². The highest BCUT2D eigenvalue weighted by Crippen LogP contribution is 2.12. The van der Waals surface area contributed by atoms with E-state index >= 15 is 0 Å². The summed E-state index contributed by atoms with van der Waals surface area (Å²) in [5.74, 6) is 0. The SMILES string of the molecule is COC(=S)c1ccc(N(C)C)cc1. The minimum atomic E-state index is 0.533. The molecule has 0 radical (unpaired) electrons. The topological polar surface area (TPSA) is 12.5 Å². The lowest BCUT2D eigenvalue weighted by Gasteiger charge is -2.12. The molecule has 1 aromatic rings. The molecule has 0 unspecified atom stereocenters. The van der Waals surface area contributed by atoms with Crippen LogP contribution in [0.5, 0.6) is 0 Å². The zero-order valence-corrected chi connectivity index (χ0v) is 8.89. The van der Waals surface area contributed by atoms with Crippen LogP contribution in [0.2, 0.25) is 0 Å². The molecule has 0 aliphatic heterocycles. The summed E-state index contributed by atoms with van der Waals surface area (Å²) in [6, 6.07) is 7.95. The zero-order chi connectivity index (χ0) is 9.84. The number of benzene rings is 1. The van der Waals surface area contributed by atoms with Gasteiger partial charge in [-0.25, -0.2) is 0 Å². The molecule has 0 saturated heterocycles. The van der Waals surface area contributed by atoms with Gasteiger partial charge in [0.1, 0.15) is 0 Å². The Morgan fingerprint density at radius 3 is 2.15 bits per heavy atom. The molecule has 0 spiro atoms. The summed E-state index contributed by atoms with van der Waals surface area (Å²) >= 11 is 4.99. The molecule has 0 fully saturated rings. The van der Waals surface area contributed by atoms with Crippen molar-refractivity contribution in [3.63, 3.8) is 0 Å². The molecule has 3 heteroatoms. The van der Waals surface area contributed by atoms with Gasteiger partial charge in [0.2, 0.25) is 0 Å². The minimum Gasteiger partial charge on any atom is -0.486 e. The van der Waals surface area contributed by atoms with Crippen LogP contribution in [0.25, 0.3) is 0 Å². The van der Waals surface area contributed by atoms with Crippen LogP contribution in [0.15, 0.2) is 24.3 Å². The first kappa shape index (κ1) is 9.99. The number of hydrogen-bond donors (Lipinski definition) is 0. The highest BCUT2D eigenvalue weighted by atomic mass is 32.1. The Balaban J connectivity index is 2.87. The molecule has 0 heterocycles. The molecule has 1 rings (SSSR count). The van der Waals surface area contributed by atoms with E-state index in [0.717, 1.165) is 11.3 Å². The average Bonchev–Trinajstić information content (AvgIpc) is 2.17. The molecule has 70 valence electrons. The fourth-order valence-corrected chi connectivity index (χ4v) is 1.15. The first-order valence-electron chi connectivity index (χ1n) is 4.01. The van der Waals surface area contributed by atoms with Gasteiger partial charge in [-0.15, -0.1) is 0 Å². The fourth-order valence-electron chi connectivity index (χ4n) is 1.01. The fraction of sp³-hybridized carbons (Fsp3) is 0.300. The molecule has 0 bridgehead atoms. The van der Waals surface area contributed by atoms with Crippen molar-refractivity contribution in [2.24, 2.45) is 0 Å². The van der Waals surface area contributed by atoms with Gasteiger partial charge in [0.05, 0.1) is 7.11 Å². The van der Waals surface area contributed by atoms with Crippen molar-refractivity contribution in [1.82, 2.24) is 0 Å². The number of nitrogens with zero attached hydrogens (tertiary/aromatic N) is 1. The summed E-state index contributed by atoms with van der Waals surface area (Å²) in [6.07, 6.45) is 0.